The summed E-state index contributed by atoms with van der Waals surface area (Å²) in [6.07, 6.45) is 0. The van der Waals surface area contributed by atoms with Crippen LogP contribution in [0.4, 0.5) is 8.78 Å². The van der Waals surface area contributed by atoms with Crippen LogP contribution >= 0.6 is 27.5 Å². The summed E-state index contributed by atoms with van der Waals surface area (Å²) >= 11 is 8.72. The van der Waals surface area contributed by atoms with Gasteiger partial charge in [0.25, 0.3) is 0 Å². The van der Waals surface area contributed by atoms with E-state index in [1.54, 1.807) is 6.07 Å². The van der Waals surface area contributed by atoms with Gasteiger partial charge >= 0.3 is 6.61 Å². The largest absolute Gasteiger partial charge is 0.417 e. The molecule has 0 aliphatic heterocycles. The van der Waals surface area contributed by atoms with Gasteiger partial charge in [-0.2, -0.15) is 8.78 Å². The molecule has 0 unspecified atom stereocenters. The monoisotopic (exact) mass is 271 g/mol. The van der Waals surface area contributed by atoms with E-state index in [4.69, 9.17) is 11.6 Å². The molecule has 0 aliphatic rings. The number of alkyl halides is 3. The summed E-state index contributed by atoms with van der Waals surface area (Å²) in [4.78, 5) is 3.56. The molecule has 0 saturated carbocycles. The molecule has 1 aromatic rings. The first-order valence-electron chi connectivity index (χ1n) is 3.29. The number of pyridine rings is 1. The van der Waals surface area contributed by atoms with E-state index < -0.39 is 6.61 Å². The Kier molecular flexibility index (Phi) is 3.87. The van der Waals surface area contributed by atoms with Gasteiger partial charge in [0, 0.05) is 11.4 Å². The first-order chi connectivity index (χ1) is 6.11. The lowest BCUT2D eigenvalue weighted by Gasteiger charge is -2.04. The van der Waals surface area contributed by atoms with Gasteiger partial charge in [-0.25, -0.2) is 4.98 Å². The minimum absolute atomic E-state index is 0.132. The van der Waals surface area contributed by atoms with E-state index >= 15 is 0 Å². The van der Waals surface area contributed by atoms with E-state index in [-0.39, 0.29) is 11.0 Å². The lowest BCUT2D eigenvalue weighted by Crippen LogP contribution is -2.03. The van der Waals surface area contributed by atoms with Crippen LogP contribution < -0.4 is 4.74 Å². The molecule has 0 saturated heterocycles. The van der Waals surface area contributed by atoms with Gasteiger partial charge in [0.2, 0.25) is 5.88 Å². The van der Waals surface area contributed by atoms with Gasteiger partial charge in [0.05, 0.1) is 0 Å². The van der Waals surface area contributed by atoms with Gasteiger partial charge in [-0.3, -0.25) is 0 Å². The lowest BCUT2D eigenvalue weighted by molar-refractivity contribution is -0.0528. The third-order valence-electron chi connectivity index (χ3n) is 1.19. The smallest absolute Gasteiger partial charge is 0.388 e. The number of aromatic nitrogens is 1. The summed E-state index contributed by atoms with van der Waals surface area (Å²) < 4.78 is 27.6. The molecule has 6 heteroatoms. The molecule has 0 atom stereocenters. The number of hydrogen-bond acceptors (Lipinski definition) is 2. The molecule has 1 rings (SSSR count). The van der Waals surface area contributed by atoms with Crippen LogP contribution in [0.1, 0.15) is 5.56 Å². The van der Waals surface area contributed by atoms with Gasteiger partial charge in [0.15, 0.2) is 0 Å². The summed E-state index contributed by atoms with van der Waals surface area (Å²) in [6.45, 7) is -2.88. The van der Waals surface area contributed by atoms with Gasteiger partial charge < -0.3 is 4.74 Å². The predicted octanol–water partition coefficient (Wildman–Crippen LogP) is 3.23. The van der Waals surface area contributed by atoms with Crippen LogP contribution in [0.15, 0.2) is 12.1 Å². The molecule has 0 aromatic carbocycles. The van der Waals surface area contributed by atoms with Gasteiger partial charge in [-0.05, 0) is 11.6 Å². The highest BCUT2D eigenvalue weighted by atomic mass is 79.9. The van der Waals surface area contributed by atoms with Crippen LogP contribution in [0.3, 0.4) is 0 Å². The predicted molar refractivity (Wildman–Crippen MR) is 48.5 cm³/mol. The van der Waals surface area contributed by atoms with E-state index in [1.807, 2.05) is 0 Å². The van der Waals surface area contributed by atoms with Crippen LogP contribution in [0.2, 0.25) is 5.15 Å². The molecule has 0 amide bonds. The SMILES string of the molecule is FC(F)Oc1cc(CBr)cc(Cl)n1. The maximum atomic E-state index is 11.8. The van der Waals surface area contributed by atoms with Crippen molar-refractivity contribution in [2.24, 2.45) is 0 Å². The second kappa shape index (κ2) is 4.72. The molecule has 2 nitrogen and oxygen atoms in total. The Morgan fingerprint density at radius 2 is 2.23 bits per heavy atom. The van der Waals surface area contributed by atoms with Gasteiger partial charge in [-0.15, -0.1) is 0 Å². The highest BCUT2D eigenvalue weighted by molar-refractivity contribution is 9.08. The average molecular weight is 272 g/mol. The van der Waals surface area contributed by atoms with Crippen molar-refractivity contribution in [2.45, 2.75) is 11.9 Å². The number of halogens is 4. The molecule has 0 radical (unpaired) electrons. The van der Waals surface area contributed by atoms with Crippen LogP contribution in [-0.4, -0.2) is 11.6 Å². The quantitative estimate of drug-likeness (QED) is 0.622. The Bertz CT molecular complexity index is 298. The van der Waals surface area contributed by atoms with Crippen molar-refractivity contribution >= 4 is 27.5 Å². The van der Waals surface area contributed by atoms with Crippen LogP contribution in [0.5, 0.6) is 5.88 Å². The van der Waals surface area contributed by atoms with Crippen molar-refractivity contribution in [3.63, 3.8) is 0 Å². The third-order valence-corrected chi connectivity index (χ3v) is 2.04. The first-order valence-corrected chi connectivity index (χ1v) is 4.79. The van der Waals surface area contributed by atoms with Crippen molar-refractivity contribution < 1.29 is 13.5 Å². The summed E-state index contributed by atoms with van der Waals surface area (Å²) in [6, 6.07) is 2.96. The van der Waals surface area contributed by atoms with Crippen LogP contribution in [0.25, 0.3) is 0 Å². The molecule has 0 N–H and O–H groups in total. The Balaban J connectivity index is 2.88. The zero-order valence-corrected chi connectivity index (χ0v) is 8.65. The maximum Gasteiger partial charge on any atom is 0.388 e. The van der Waals surface area contributed by atoms with Gasteiger partial charge in [-0.1, -0.05) is 27.5 Å². The molecule has 72 valence electrons. The molecular weight excluding hydrogens is 267 g/mol. The van der Waals surface area contributed by atoms with Crippen molar-refractivity contribution in [2.75, 3.05) is 0 Å². The average Bonchev–Trinajstić information content (AvgIpc) is 2.01. The van der Waals surface area contributed by atoms with Crippen molar-refractivity contribution in [1.29, 1.82) is 0 Å². The van der Waals surface area contributed by atoms with Crippen molar-refractivity contribution in [1.82, 2.24) is 4.98 Å². The van der Waals surface area contributed by atoms with Crippen molar-refractivity contribution in [3.05, 3.63) is 22.8 Å². The molecule has 0 fully saturated rings. The van der Waals surface area contributed by atoms with Crippen LogP contribution in [-0.2, 0) is 5.33 Å². The molecule has 0 bridgehead atoms. The van der Waals surface area contributed by atoms with E-state index in [0.717, 1.165) is 5.56 Å². The highest BCUT2D eigenvalue weighted by Gasteiger charge is 2.07. The lowest BCUT2D eigenvalue weighted by atomic mass is 10.3. The van der Waals surface area contributed by atoms with Gasteiger partial charge in [0.1, 0.15) is 5.15 Å². The molecule has 0 spiro atoms. The number of nitrogens with zero attached hydrogens (tertiary/aromatic N) is 1. The second-order valence-electron chi connectivity index (χ2n) is 2.15. The third kappa shape index (κ3) is 3.44. The highest BCUT2D eigenvalue weighted by Crippen LogP contribution is 2.19. The fourth-order valence-electron chi connectivity index (χ4n) is 0.752. The number of ether oxygens (including phenoxy) is 1. The van der Waals surface area contributed by atoms with Crippen molar-refractivity contribution in [3.8, 4) is 5.88 Å². The molecular formula is C7H5BrClF2NO. The van der Waals surface area contributed by atoms with Crippen LogP contribution in [0, 0.1) is 0 Å². The number of hydrogen-bond donors (Lipinski definition) is 0. The topological polar surface area (TPSA) is 22.1 Å². The zero-order chi connectivity index (χ0) is 9.84. The molecule has 0 aliphatic carbocycles. The standard InChI is InChI=1S/C7H5BrClF2NO/c8-3-4-1-5(9)12-6(2-4)13-7(10)11/h1-2,7H,3H2. The Labute approximate surface area is 87.0 Å². The number of rotatable bonds is 3. The Morgan fingerprint density at radius 1 is 1.54 bits per heavy atom. The zero-order valence-electron chi connectivity index (χ0n) is 6.31. The Morgan fingerprint density at radius 3 is 2.77 bits per heavy atom. The van der Waals surface area contributed by atoms with E-state index in [1.165, 1.54) is 6.07 Å². The van der Waals surface area contributed by atoms with E-state index in [9.17, 15) is 8.78 Å². The minimum Gasteiger partial charge on any atom is -0.417 e. The summed E-state index contributed by atoms with van der Waals surface area (Å²) in [7, 11) is 0. The molecule has 1 aromatic heterocycles. The fraction of sp³-hybridized carbons (Fsp3) is 0.286. The van der Waals surface area contributed by atoms with E-state index in [0.29, 0.717) is 5.33 Å². The minimum atomic E-state index is -2.88. The normalized spacial score (nSPS) is 10.5. The fourth-order valence-corrected chi connectivity index (χ4v) is 1.30. The molecule has 1 heterocycles. The maximum absolute atomic E-state index is 11.8. The summed E-state index contributed by atoms with van der Waals surface area (Å²) in [5, 5.41) is 0.641. The Hall–Kier alpha value is -0.420. The molecule has 13 heavy (non-hydrogen) atoms. The summed E-state index contributed by atoms with van der Waals surface area (Å²) in [5.41, 5.74) is 0.732. The second-order valence-corrected chi connectivity index (χ2v) is 3.10. The van der Waals surface area contributed by atoms with E-state index in [2.05, 4.69) is 25.7 Å². The summed E-state index contributed by atoms with van der Waals surface area (Å²) in [5.74, 6) is -0.169. The first kappa shape index (κ1) is 10.7.